The number of amides is 1. The van der Waals surface area contributed by atoms with E-state index in [4.69, 9.17) is 4.42 Å². The number of rotatable bonds is 5. The van der Waals surface area contributed by atoms with E-state index in [2.05, 4.69) is 15.2 Å². The van der Waals surface area contributed by atoms with Gasteiger partial charge in [-0.1, -0.05) is 25.2 Å². The van der Waals surface area contributed by atoms with Crippen LogP contribution in [-0.2, 0) is 0 Å². The Bertz CT molecular complexity index is 769. The first kappa shape index (κ1) is 15.4. The fourth-order valence-electron chi connectivity index (χ4n) is 2.08. The lowest BCUT2D eigenvalue weighted by atomic mass is 10.2. The van der Waals surface area contributed by atoms with Crippen molar-refractivity contribution in [3.8, 4) is 10.6 Å². The van der Waals surface area contributed by atoms with Crippen LogP contribution in [0.5, 0.6) is 0 Å². The van der Waals surface area contributed by atoms with Crippen LogP contribution in [0.3, 0.4) is 0 Å². The molecule has 0 unspecified atom stereocenters. The van der Waals surface area contributed by atoms with Crippen LogP contribution in [0.25, 0.3) is 10.6 Å². The van der Waals surface area contributed by atoms with Gasteiger partial charge in [-0.15, -0.1) is 10.2 Å². The molecule has 0 radical (unpaired) electrons. The van der Waals surface area contributed by atoms with Gasteiger partial charge >= 0.3 is 0 Å². The van der Waals surface area contributed by atoms with Gasteiger partial charge in [-0.3, -0.25) is 14.7 Å². The summed E-state index contributed by atoms with van der Waals surface area (Å²) < 4.78 is 5.23. The van der Waals surface area contributed by atoms with Crippen LogP contribution in [0.4, 0.5) is 5.13 Å². The van der Waals surface area contributed by atoms with Gasteiger partial charge in [0, 0.05) is 24.5 Å². The van der Waals surface area contributed by atoms with Gasteiger partial charge in [-0.05, 0) is 30.2 Å². The minimum absolute atomic E-state index is 0.211. The molecule has 3 aromatic rings. The topological polar surface area (TPSA) is 72.1 Å². The highest BCUT2D eigenvalue weighted by atomic mass is 32.1. The Morgan fingerprint density at radius 1 is 1.30 bits per heavy atom. The molecule has 3 rings (SSSR count). The van der Waals surface area contributed by atoms with Crippen LogP contribution >= 0.6 is 11.3 Å². The zero-order valence-electron chi connectivity index (χ0n) is 12.8. The monoisotopic (exact) mass is 328 g/mol. The van der Waals surface area contributed by atoms with Gasteiger partial charge < -0.3 is 4.42 Å². The number of anilines is 1. The van der Waals surface area contributed by atoms with E-state index in [0.29, 0.717) is 23.4 Å². The smallest absolute Gasteiger partial charge is 0.295 e. The third kappa shape index (κ3) is 3.45. The Hall–Kier alpha value is -2.54. The Balaban J connectivity index is 1.91. The quantitative estimate of drug-likeness (QED) is 0.717. The summed E-state index contributed by atoms with van der Waals surface area (Å²) in [6.45, 7) is 4.64. The van der Waals surface area contributed by atoms with Crippen LogP contribution in [-0.4, -0.2) is 27.6 Å². The molecule has 0 aliphatic rings. The van der Waals surface area contributed by atoms with E-state index in [0.717, 1.165) is 10.6 Å². The second-order valence-electron chi connectivity index (χ2n) is 5.42. The first-order valence-electron chi connectivity index (χ1n) is 7.24. The lowest BCUT2D eigenvalue weighted by molar-refractivity contribution is 0.0957. The van der Waals surface area contributed by atoms with Crippen LogP contribution in [0.15, 0.2) is 47.3 Å². The maximum absolute atomic E-state index is 12.6. The zero-order chi connectivity index (χ0) is 16.2. The average Bonchev–Trinajstić information content (AvgIpc) is 3.24. The predicted octanol–water partition coefficient (Wildman–Crippen LogP) is 3.50. The SMILES string of the molecule is CC(C)CN(C(=O)c1ccco1)c1nnc(-c2cccnc2)s1. The zero-order valence-corrected chi connectivity index (χ0v) is 13.7. The van der Waals surface area contributed by atoms with Gasteiger partial charge in [-0.25, -0.2) is 0 Å². The molecule has 118 valence electrons. The summed E-state index contributed by atoms with van der Waals surface area (Å²) >= 11 is 1.36. The van der Waals surface area contributed by atoms with E-state index < -0.39 is 0 Å². The Morgan fingerprint density at radius 2 is 2.17 bits per heavy atom. The summed E-state index contributed by atoms with van der Waals surface area (Å²) in [5, 5.41) is 9.65. The molecule has 0 spiro atoms. The van der Waals surface area contributed by atoms with E-state index in [9.17, 15) is 4.79 Å². The standard InChI is InChI=1S/C16H16N4O2S/c1-11(2)10-20(15(21)13-6-4-8-22-13)16-19-18-14(23-16)12-5-3-7-17-9-12/h3-9,11H,10H2,1-2H3. The number of pyridine rings is 1. The van der Waals surface area contributed by atoms with Gasteiger partial charge in [0.2, 0.25) is 5.13 Å². The van der Waals surface area contributed by atoms with Crippen molar-refractivity contribution in [2.24, 2.45) is 5.92 Å². The molecular weight excluding hydrogens is 312 g/mol. The minimum atomic E-state index is -0.211. The molecule has 0 aliphatic carbocycles. The van der Waals surface area contributed by atoms with Gasteiger partial charge in [0.05, 0.1) is 6.26 Å². The van der Waals surface area contributed by atoms with Crippen molar-refractivity contribution in [3.63, 3.8) is 0 Å². The second kappa shape index (κ2) is 6.70. The molecule has 0 saturated heterocycles. The fourth-order valence-corrected chi connectivity index (χ4v) is 2.92. The average molecular weight is 328 g/mol. The van der Waals surface area contributed by atoms with Crippen LogP contribution in [0.2, 0.25) is 0 Å². The van der Waals surface area contributed by atoms with Gasteiger partial charge in [0.15, 0.2) is 10.8 Å². The molecule has 23 heavy (non-hydrogen) atoms. The molecule has 0 aromatic carbocycles. The Labute approximate surface area is 137 Å². The summed E-state index contributed by atoms with van der Waals surface area (Å²) in [7, 11) is 0. The number of carbonyl (C=O) groups excluding carboxylic acids is 1. The molecule has 6 nitrogen and oxygen atoms in total. The molecule has 0 aliphatic heterocycles. The normalized spacial score (nSPS) is 10.9. The lowest BCUT2D eigenvalue weighted by Gasteiger charge is -2.20. The third-order valence-electron chi connectivity index (χ3n) is 3.08. The van der Waals surface area contributed by atoms with E-state index in [-0.39, 0.29) is 5.91 Å². The summed E-state index contributed by atoms with van der Waals surface area (Å²) in [5.74, 6) is 0.376. The molecule has 0 N–H and O–H groups in total. The summed E-state index contributed by atoms with van der Waals surface area (Å²) in [4.78, 5) is 18.3. The Morgan fingerprint density at radius 3 is 2.83 bits per heavy atom. The van der Waals surface area contributed by atoms with Crippen molar-refractivity contribution in [1.82, 2.24) is 15.2 Å². The maximum Gasteiger partial charge on any atom is 0.295 e. The van der Waals surface area contributed by atoms with Crippen molar-refractivity contribution >= 4 is 22.4 Å². The van der Waals surface area contributed by atoms with Gasteiger partial charge in [0.1, 0.15) is 0 Å². The molecule has 0 fully saturated rings. The molecule has 1 amide bonds. The van der Waals surface area contributed by atoms with Crippen molar-refractivity contribution in [3.05, 3.63) is 48.7 Å². The molecule has 0 bridgehead atoms. The largest absolute Gasteiger partial charge is 0.459 e. The first-order valence-corrected chi connectivity index (χ1v) is 8.06. The number of furan rings is 1. The van der Waals surface area contributed by atoms with E-state index in [1.165, 1.54) is 17.6 Å². The number of nitrogens with zero attached hydrogens (tertiary/aromatic N) is 4. The van der Waals surface area contributed by atoms with Crippen molar-refractivity contribution in [1.29, 1.82) is 0 Å². The molecule has 3 heterocycles. The van der Waals surface area contributed by atoms with E-state index in [1.54, 1.807) is 29.4 Å². The van der Waals surface area contributed by atoms with Gasteiger partial charge in [-0.2, -0.15) is 0 Å². The summed E-state index contributed by atoms with van der Waals surface area (Å²) in [6.07, 6.45) is 4.92. The lowest BCUT2D eigenvalue weighted by Crippen LogP contribution is -2.34. The molecule has 7 heteroatoms. The van der Waals surface area contributed by atoms with Crippen molar-refractivity contribution < 1.29 is 9.21 Å². The highest BCUT2D eigenvalue weighted by Crippen LogP contribution is 2.29. The van der Waals surface area contributed by atoms with Gasteiger partial charge in [0.25, 0.3) is 5.91 Å². The second-order valence-corrected chi connectivity index (χ2v) is 6.37. The highest BCUT2D eigenvalue weighted by Gasteiger charge is 2.24. The number of carbonyl (C=O) groups is 1. The van der Waals surface area contributed by atoms with E-state index in [1.807, 2.05) is 26.0 Å². The highest BCUT2D eigenvalue weighted by molar-refractivity contribution is 7.18. The number of aromatic nitrogens is 3. The number of hydrogen-bond donors (Lipinski definition) is 0. The van der Waals surface area contributed by atoms with Crippen LogP contribution < -0.4 is 4.90 Å². The minimum Gasteiger partial charge on any atom is -0.459 e. The van der Waals surface area contributed by atoms with Crippen molar-refractivity contribution in [2.45, 2.75) is 13.8 Å². The Kier molecular flexibility index (Phi) is 4.47. The van der Waals surface area contributed by atoms with Crippen molar-refractivity contribution in [2.75, 3.05) is 11.4 Å². The summed E-state index contributed by atoms with van der Waals surface area (Å²) in [5.41, 5.74) is 0.881. The van der Waals surface area contributed by atoms with Crippen LogP contribution in [0.1, 0.15) is 24.4 Å². The van der Waals surface area contributed by atoms with Crippen LogP contribution in [0, 0.1) is 5.92 Å². The third-order valence-corrected chi connectivity index (χ3v) is 4.07. The first-order chi connectivity index (χ1) is 11.1. The molecule has 3 aromatic heterocycles. The molecule has 0 saturated carbocycles. The molecular formula is C16H16N4O2S. The predicted molar refractivity (Wildman–Crippen MR) is 88.4 cm³/mol. The summed E-state index contributed by atoms with van der Waals surface area (Å²) in [6, 6.07) is 7.11. The maximum atomic E-state index is 12.6. The number of hydrogen-bond acceptors (Lipinski definition) is 6. The fraction of sp³-hybridized carbons (Fsp3) is 0.250. The van der Waals surface area contributed by atoms with E-state index >= 15 is 0 Å². The molecule has 0 atom stereocenters.